The van der Waals surface area contributed by atoms with E-state index in [1.54, 1.807) is 0 Å². The van der Waals surface area contributed by atoms with Gasteiger partial charge in [0, 0.05) is 12.6 Å². The molecule has 0 saturated carbocycles. The van der Waals surface area contributed by atoms with E-state index in [1.165, 1.54) is 0 Å². The van der Waals surface area contributed by atoms with E-state index in [1.807, 2.05) is 32.0 Å². The monoisotopic (exact) mass is 252 g/mol. The van der Waals surface area contributed by atoms with Gasteiger partial charge in [-0.05, 0) is 32.9 Å². The Bertz CT molecular complexity index is 329. The predicted octanol–water partition coefficient (Wildman–Crippen LogP) is 2.39. The average molecular weight is 252 g/mol. The molecule has 1 rings (SSSR count). The molecule has 1 N–H and O–H groups in total. The molecular formula is C14H24N2O2. The standard InChI is InChI=1S/C14H24N2O2/c1-4-8-15-11-13-6-5-7-14(16-13)18-10-9-17-12(2)3/h5-7,12,15H,4,8-11H2,1-3H3. The zero-order valence-electron chi connectivity index (χ0n) is 11.6. The number of ether oxygens (including phenoxy) is 2. The Morgan fingerprint density at radius 3 is 2.83 bits per heavy atom. The quantitative estimate of drug-likeness (QED) is 0.685. The molecule has 18 heavy (non-hydrogen) atoms. The zero-order chi connectivity index (χ0) is 13.2. The van der Waals surface area contributed by atoms with Crippen LogP contribution in [0.25, 0.3) is 0 Å². The maximum absolute atomic E-state index is 5.54. The van der Waals surface area contributed by atoms with Crippen molar-refractivity contribution in [2.24, 2.45) is 0 Å². The summed E-state index contributed by atoms with van der Waals surface area (Å²) in [5.41, 5.74) is 1.01. The molecule has 1 heterocycles. The van der Waals surface area contributed by atoms with Gasteiger partial charge in [0.05, 0.1) is 18.4 Å². The number of hydrogen-bond donors (Lipinski definition) is 1. The lowest BCUT2D eigenvalue weighted by atomic mass is 10.3. The van der Waals surface area contributed by atoms with Gasteiger partial charge >= 0.3 is 0 Å². The van der Waals surface area contributed by atoms with E-state index >= 15 is 0 Å². The molecule has 0 amide bonds. The Labute approximate surface area is 110 Å². The van der Waals surface area contributed by atoms with E-state index in [0.29, 0.717) is 19.1 Å². The van der Waals surface area contributed by atoms with Crippen LogP contribution in [0, 0.1) is 0 Å². The topological polar surface area (TPSA) is 43.4 Å². The minimum absolute atomic E-state index is 0.242. The minimum Gasteiger partial charge on any atom is -0.475 e. The van der Waals surface area contributed by atoms with Gasteiger partial charge in [-0.1, -0.05) is 13.0 Å². The van der Waals surface area contributed by atoms with Crippen molar-refractivity contribution < 1.29 is 9.47 Å². The third kappa shape index (κ3) is 6.57. The molecule has 0 unspecified atom stereocenters. The summed E-state index contributed by atoms with van der Waals surface area (Å²) < 4.78 is 10.9. The molecule has 0 aliphatic rings. The predicted molar refractivity (Wildman–Crippen MR) is 72.8 cm³/mol. The molecule has 0 spiro atoms. The molecule has 0 atom stereocenters. The van der Waals surface area contributed by atoms with Gasteiger partial charge in [0.15, 0.2) is 0 Å². The molecule has 0 bridgehead atoms. The van der Waals surface area contributed by atoms with Crippen molar-refractivity contribution in [2.45, 2.75) is 39.8 Å². The molecule has 102 valence electrons. The molecule has 0 radical (unpaired) electrons. The van der Waals surface area contributed by atoms with Gasteiger partial charge in [-0.2, -0.15) is 0 Å². The second-order valence-corrected chi connectivity index (χ2v) is 4.41. The fraction of sp³-hybridized carbons (Fsp3) is 0.643. The first-order chi connectivity index (χ1) is 8.72. The molecule has 0 fully saturated rings. The number of rotatable bonds is 9. The summed E-state index contributed by atoms with van der Waals surface area (Å²) in [7, 11) is 0. The third-order valence-corrected chi connectivity index (χ3v) is 2.30. The first-order valence-corrected chi connectivity index (χ1v) is 6.63. The number of pyridine rings is 1. The van der Waals surface area contributed by atoms with Crippen LogP contribution in [0.1, 0.15) is 32.9 Å². The molecule has 4 heteroatoms. The maximum Gasteiger partial charge on any atom is 0.213 e. The molecule has 0 saturated heterocycles. The lowest BCUT2D eigenvalue weighted by Crippen LogP contribution is -2.15. The van der Waals surface area contributed by atoms with Gasteiger partial charge in [-0.3, -0.25) is 0 Å². The van der Waals surface area contributed by atoms with E-state index in [2.05, 4.69) is 17.2 Å². The second-order valence-electron chi connectivity index (χ2n) is 4.41. The number of aromatic nitrogens is 1. The van der Waals surface area contributed by atoms with E-state index in [9.17, 15) is 0 Å². The molecule has 4 nitrogen and oxygen atoms in total. The highest BCUT2D eigenvalue weighted by atomic mass is 16.5. The van der Waals surface area contributed by atoms with Crippen LogP contribution in [0.15, 0.2) is 18.2 Å². The Kier molecular flexibility index (Phi) is 7.37. The van der Waals surface area contributed by atoms with E-state index < -0.39 is 0 Å². The van der Waals surface area contributed by atoms with Crippen LogP contribution in [0.3, 0.4) is 0 Å². The third-order valence-electron chi connectivity index (χ3n) is 2.30. The van der Waals surface area contributed by atoms with Crippen molar-refractivity contribution in [2.75, 3.05) is 19.8 Å². The summed E-state index contributed by atoms with van der Waals surface area (Å²) in [4.78, 5) is 4.42. The summed E-state index contributed by atoms with van der Waals surface area (Å²) >= 11 is 0. The van der Waals surface area contributed by atoms with Crippen molar-refractivity contribution in [1.82, 2.24) is 10.3 Å². The highest BCUT2D eigenvalue weighted by Crippen LogP contribution is 2.07. The van der Waals surface area contributed by atoms with Crippen LogP contribution in [0.5, 0.6) is 5.88 Å². The van der Waals surface area contributed by atoms with Gasteiger partial charge in [0.25, 0.3) is 0 Å². The fourth-order valence-corrected chi connectivity index (χ4v) is 1.46. The largest absolute Gasteiger partial charge is 0.475 e. The maximum atomic E-state index is 5.54. The molecule has 1 aromatic rings. The first kappa shape index (κ1) is 14.9. The Morgan fingerprint density at radius 2 is 2.11 bits per heavy atom. The molecule has 1 aromatic heterocycles. The van der Waals surface area contributed by atoms with Crippen LogP contribution >= 0.6 is 0 Å². The summed E-state index contributed by atoms with van der Waals surface area (Å²) in [5.74, 6) is 0.665. The van der Waals surface area contributed by atoms with Crippen molar-refractivity contribution in [1.29, 1.82) is 0 Å². The fourth-order valence-electron chi connectivity index (χ4n) is 1.46. The van der Waals surface area contributed by atoms with E-state index in [-0.39, 0.29) is 6.10 Å². The Morgan fingerprint density at radius 1 is 1.28 bits per heavy atom. The normalized spacial score (nSPS) is 10.9. The lowest BCUT2D eigenvalue weighted by Gasteiger charge is -2.09. The van der Waals surface area contributed by atoms with Gasteiger partial charge < -0.3 is 14.8 Å². The van der Waals surface area contributed by atoms with Crippen molar-refractivity contribution in [3.05, 3.63) is 23.9 Å². The molecule has 0 aromatic carbocycles. The Hall–Kier alpha value is -1.13. The van der Waals surface area contributed by atoms with Gasteiger partial charge in [-0.25, -0.2) is 4.98 Å². The van der Waals surface area contributed by atoms with Crippen molar-refractivity contribution in [3.63, 3.8) is 0 Å². The van der Waals surface area contributed by atoms with Crippen molar-refractivity contribution >= 4 is 0 Å². The highest BCUT2D eigenvalue weighted by Gasteiger charge is 1.99. The highest BCUT2D eigenvalue weighted by molar-refractivity contribution is 5.15. The number of hydrogen-bond acceptors (Lipinski definition) is 4. The summed E-state index contributed by atoms with van der Waals surface area (Å²) in [6, 6.07) is 5.84. The summed E-state index contributed by atoms with van der Waals surface area (Å²) in [5, 5.41) is 3.32. The first-order valence-electron chi connectivity index (χ1n) is 6.63. The summed E-state index contributed by atoms with van der Waals surface area (Å²) in [6.45, 7) is 9.10. The van der Waals surface area contributed by atoms with Crippen LogP contribution in [-0.4, -0.2) is 30.8 Å². The average Bonchev–Trinajstić information content (AvgIpc) is 2.35. The van der Waals surface area contributed by atoms with E-state index in [0.717, 1.165) is 25.2 Å². The zero-order valence-corrected chi connectivity index (χ0v) is 11.6. The smallest absolute Gasteiger partial charge is 0.213 e. The van der Waals surface area contributed by atoms with Crippen LogP contribution in [0.2, 0.25) is 0 Å². The van der Waals surface area contributed by atoms with Crippen LogP contribution in [-0.2, 0) is 11.3 Å². The van der Waals surface area contributed by atoms with E-state index in [4.69, 9.17) is 9.47 Å². The number of nitrogens with one attached hydrogen (secondary N) is 1. The summed E-state index contributed by atoms with van der Waals surface area (Å²) in [6.07, 6.45) is 1.37. The molecule has 0 aliphatic heterocycles. The Balaban J connectivity index is 2.30. The second kappa shape index (κ2) is 8.89. The van der Waals surface area contributed by atoms with Gasteiger partial charge in [-0.15, -0.1) is 0 Å². The van der Waals surface area contributed by atoms with Gasteiger partial charge in [0.2, 0.25) is 5.88 Å². The molecular weight excluding hydrogens is 228 g/mol. The van der Waals surface area contributed by atoms with Crippen LogP contribution < -0.4 is 10.1 Å². The van der Waals surface area contributed by atoms with Crippen LogP contribution in [0.4, 0.5) is 0 Å². The number of nitrogens with zero attached hydrogens (tertiary/aromatic N) is 1. The van der Waals surface area contributed by atoms with Gasteiger partial charge in [0.1, 0.15) is 6.61 Å². The SMILES string of the molecule is CCCNCc1cccc(OCCOC(C)C)n1. The molecule has 0 aliphatic carbocycles. The minimum atomic E-state index is 0.242. The van der Waals surface area contributed by atoms with Crippen molar-refractivity contribution in [3.8, 4) is 5.88 Å². The lowest BCUT2D eigenvalue weighted by molar-refractivity contribution is 0.0542.